The highest BCUT2D eigenvalue weighted by molar-refractivity contribution is 8.00. The summed E-state index contributed by atoms with van der Waals surface area (Å²) in [5.41, 5.74) is 2.54. The minimum absolute atomic E-state index is 0.0765. The third-order valence-corrected chi connectivity index (χ3v) is 5.39. The summed E-state index contributed by atoms with van der Waals surface area (Å²) in [5.74, 6) is 0.512. The summed E-state index contributed by atoms with van der Waals surface area (Å²) < 4.78 is 0.786. The molecule has 2 aromatic carbocycles. The molecule has 0 bridgehead atoms. The van der Waals surface area contributed by atoms with Crippen LogP contribution in [0.2, 0.25) is 0 Å². The molecule has 0 saturated carbocycles. The van der Waals surface area contributed by atoms with Gasteiger partial charge in [0, 0.05) is 36.2 Å². The number of aromatic nitrogens is 2. The monoisotopic (exact) mass is 401 g/mol. The Morgan fingerprint density at radius 3 is 2.63 bits per heavy atom. The highest BCUT2D eigenvalue weighted by Crippen LogP contribution is 2.30. The third-order valence-electron chi connectivity index (χ3n) is 3.35. The first-order valence-corrected chi connectivity index (χ1v) is 9.64. The number of nitrogens with zero attached hydrogens (tertiary/aromatic N) is 3. The fourth-order valence-electron chi connectivity index (χ4n) is 2.18. The van der Waals surface area contributed by atoms with E-state index in [4.69, 9.17) is 0 Å². The van der Waals surface area contributed by atoms with Gasteiger partial charge in [-0.3, -0.25) is 14.9 Å². The summed E-state index contributed by atoms with van der Waals surface area (Å²) >= 11 is 2.92. The minimum atomic E-state index is -0.416. The maximum absolute atomic E-state index is 11.1. The fourth-order valence-corrected chi connectivity index (χ4v) is 3.91. The summed E-state index contributed by atoms with van der Waals surface area (Å²) in [5, 5.41) is 25.4. The Hall–Kier alpha value is -2.98. The van der Waals surface area contributed by atoms with Gasteiger partial charge in [0.2, 0.25) is 11.0 Å². The average Bonchev–Trinajstić information content (AvgIpc) is 3.07. The van der Waals surface area contributed by atoms with E-state index < -0.39 is 4.92 Å². The molecule has 8 nitrogen and oxygen atoms in total. The number of carbonyl (C=O) groups excluding carboxylic acids is 1. The van der Waals surface area contributed by atoms with E-state index in [-0.39, 0.29) is 11.6 Å². The van der Waals surface area contributed by atoms with E-state index in [9.17, 15) is 14.9 Å². The zero-order chi connectivity index (χ0) is 19.2. The van der Waals surface area contributed by atoms with E-state index in [1.807, 2.05) is 18.2 Å². The number of anilines is 3. The zero-order valence-electron chi connectivity index (χ0n) is 14.2. The van der Waals surface area contributed by atoms with Crippen molar-refractivity contribution in [2.45, 2.75) is 17.0 Å². The topological polar surface area (TPSA) is 110 Å². The summed E-state index contributed by atoms with van der Waals surface area (Å²) in [4.78, 5) is 21.4. The summed E-state index contributed by atoms with van der Waals surface area (Å²) in [6.07, 6.45) is 0. The van der Waals surface area contributed by atoms with E-state index >= 15 is 0 Å². The second kappa shape index (κ2) is 8.60. The van der Waals surface area contributed by atoms with Crippen molar-refractivity contribution < 1.29 is 9.72 Å². The van der Waals surface area contributed by atoms with Crippen LogP contribution >= 0.6 is 23.1 Å². The van der Waals surface area contributed by atoms with Crippen molar-refractivity contribution in [1.82, 2.24) is 10.2 Å². The van der Waals surface area contributed by atoms with Gasteiger partial charge in [-0.25, -0.2) is 0 Å². The van der Waals surface area contributed by atoms with Crippen LogP contribution in [0.4, 0.5) is 22.2 Å². The van der Waals surface area contributed by atoms with Crippen molar-refractivity contribution in [3.63, 3.8) is 0 Å². The molecule has 3 aromatic rings. The Bertz CT molecular complexity index is 959. The number of hydrogen-bond acceptors (Lipinski definition) is 8. The number of rotatable bonds is 7. The van der Waals surface area contributed by atoms with E-state index in [0.717, 1.165) is 15.6 Å². The number of non-ortho nitro benzene ring substituents is 1. The molecule has 0 spiro atoms. The SMILES string of the molecule is CC(=O)Nc1cccc(Nc2nnc(SCc3ccc([N+](=O)[O-])cc3)s2)c1. The molecule has 138 valence electrons. The maximum Gasteiger partial charge on any atom is 0.269 e. The number of nitrogens with one attached hydrogen (secondary N) is 2. The van der Waals surface area contributed by atoms with Crippen LogP contribution in [0.5, 0.6) is 0 Å². The lowest BCUT2D eigenvalue weighted by Gasteiger charge is -2.05. The van der Waals surface area contributed by atoms with Crippen LogP contribution < -0.4 is 10.6 Å². The highest BCUT2D eigenvalue weighted by Gasteiger charge is 2.08. The molecular formula is C17H15N5O3S2. The Kier molecular flexibility index (Phi) is 5.99. The van der Waals surface area contributed by atoms with Crippen molar-refractivity contribution in [1.29, 1.82) is 0 Å². The molecule has 0 aliphatic heterocycles. The smallest absolute Gasteiger partial charge is 0.269 e. The second-order valence-corrected chi connectivity index (χ2v) is 7.67. The van der Waals surface area contributed by atoms with E-state index in [1.165, 1.54) is 42.2 Å². The van der Waals surface area contributed by atoms with Crippen LogP contribution in [0.3, 0.4) is 0 Å². The number of benzene rings is 2. The molecule has 0 unspecified atom stereocenters. The Morgan fingerprint density at radius 2 is 1.93 bits per heavy atom. The molecule has 1 aromatic heterocycles. The number of thioether (sulfide) groups is 1. The molecule has 3 rings (SSSR count). The van der Waals surface area contributed by atoms with Gasteiger partial charge in [0.15, 0.2) is 4.34 Å². The number of nitro benzene ring substituents is 1. The first kappa shape index (κ1) is 18.8. The lowest BCUT2D eigenvalue weighted by atomic mass is 10.2. The normalized spacial score (nSPS) is 10.4. The van der Waals surface area contributed by atoms with Crippen molar-refractivity contribution >= 4 is 51.2 Å². The molecule has 0 fully saturated rings. The van der Waals surface area contributed by atoms with Crippen LogP contribution in [-0.2, 0) is 10.5 Å². The van der Waals surface area contributed by atoms with Gasteiger partial charge in [-0.2, -0.15) is 0 Å². The largest absolute Gasteiger partial charge is 0.330 e. The number of carbonyl (C=O) groups is 1. The van der Waals surface area contributed by atoms with Gasteiger partial charge in [-0.05, 0) is 23.8 Å². The molecule has 10 heteroatoms. The molecule has 0 aliphatic carbocycles. The standard InChI is InChI=1S/C17H15N5O3S2/c1-11(23)18-13-3-2-4-14(9-13)19-16-20-21-17(27-16)26-10-12-5-7-15(8-6-12)22(24)25/h2-9H,10H2,1H3,(H,18,23)(H,19,20). The number of nitro groups is 1. The van der Waals surface area contributed by atoms with Crippen LogP contribution in [0, 0.1) is 10.1 Å². The molecule has 0 saturated heterocycles. The Labute approximate surface area is 163 Å². The molecule has 0 atom stereocenters. The van der Waals surface area contributed by atoms with E-state index in [0.29, 0.717) is 16.6 Å². The van der Waals surface area contributed by atoms with Crippen molar-refractivity contribution in [2.75, 3.05) is 10.6 Å². The van der Waals surface area contributed by atoms with Gasteiger partial charge < -0.3 is 10.6 Å². The van der Waals surface area contributed by atoms with Gasteiger partial charge >= 0.3 is 0 Å². The average molecular weight is 401 g/mol. The molecule has 27 heavy (non-hydrogen) atoms. The number of amides is 1. The van der Waals surface area contributed by atoms with Crippen LogP contribution in [0.1, 0.15) is 12.5 Å². The first-order chi connectivity index (χ1) is 13.0. The number of hydrogen-bond donors (Lipinski definition) is 2. The first-order valence-electron chi connectivity index (χ1n) is 7.84. The highest BCUT2D eigenvalue weighted by atomic mass is 32.2. The lowest BCUT2D eigenvalue weighted by molar-refractivity contribution is -0.384. The maximum atomic E-state index is 11.1. The predicted molar refractivity (Wildman–Crippen MR) is 107 cm³/mol. The third kappa shape index (κ3) is 5.50. The molecule has 0 radical (unpaired) electrons. The summed E-state index contributed by atoms with van der Waals surface area (Å²) in [7, 11) is 0. The molecule has 0 aliphatic rings. The van der Waals surface area contributed by atoms with Gasteiger partial charge in [-0.15, -0.1) is 10.2 Å². The molecular weight excluding hydrogens is 386 g/mol. The minimum Gasteiger partial charge on any atom is -0.330 e. The van der Waals surface area contributed by atoms with E-state index in [2.05, 4.69) is 20.8 Å². The lowest BCUT2D eigenvalue weighted by Crippen LogP contribution is -2.05. The Morgan fingerprint density at radius 1 is 1.19 bits per heavy atom. The molecule has 1 amide bonds. The predicted octanol–water partition coefficient (Wildman–Crippen LogP) is 4.44. The molecule has 2 N–H and O–H groups in total. The van der Waals surface area contributed by atoms with Crippen LogP contribution in [-0.4, -0.2) is 21.0 Å². The van der Waals surface area contributed by atoms with E-state index in [1.54, 1.807) is 18.2 Å². The van der Waals surface area contributed by atoms with Crippen molar-refractivity contribution in [3.8, 4) is 0 Å². The quantitative estimate of drug-likeness (QED) is 0.342. The van der Waals surface area contributed by atoms with Crippen LogP contribution in [0.25, 0.3) is 0 Å². The van der Waals surface area contributed by atoms with Gasteiger partial charge in [0.05, 0.1) is 4.92 Å². The zero-order valence-corrected chi connectivity index (χ0v) is 15.8. The summed E-state index contributed by atoms with van der Waals surface area (Å²) in [6, 6.07) is 13.8. The second-order valence-electron chi connectivity index (χ2n) is 5.47. The molecule has 1 heterocycles. The van der Waals surface area contributed by atoms with Crippen molar-refractivity contribution in [2.24, 2.45) is 0 Å². The Balaban J connectivity index is 1.58. The summed E-state index contributed by atoms with van der Waals surface area (Å²) in [6.45, 7) is 1.46. The van der Waals surface area contributed by atoms with Crippen molar-refractivity contribution in [3.05, 3.63) is 64.2 Å². The van der Waals surface area contributed by atoms with Crippen LogP contribution in [0.15, 0.2) is 52.9 Å². The van der Waals surface area contributed by atoms with Gasteiger partial charge in [-0.1, -0.05) is 41.3 Å². The fraction of sp³-hybridized carbons (Fsp3) is 0.118. The van der Waals surface area contributed by atoms with Gasteiger partial charge in [0.25, 0.3) is 5.69 Å². The van der Waals surface area contributed by atoms with Gasteiger partial charge in [0.1, 0.15) is 0 Å².